The minimum Gasteiger partial charge on any atom is -0.501 e. The molecule has 1 radical (unpaired) electrons. The van der Waals surface area contributed by atoms with Crippen LogP contribution in [0.2, 0.25) is 17.3 Å². The summed E-state index contributed by atoms with van der Waals surface area (Å²) < 4.78 is 7.97. The van der Waals surface area contributed by atoms with Gasteiger partial charge in [-0.05, 0) is 52.8 Å². The van der Waals surface area contributed by atoms with Crippen molar-refractivity contribution in [2.24, 2.45) is 5.92 Å². The number of hydrogen-bond donors (Lipinski definition) is 0. The van der Waals surface area contributed by atoms with E-state index in [1.807, 2.05) is 18.3 Å². The number of pyridine rings is 2. The van der Waals surface area contributed by atoms with Crippen molar-refractivity contribution in [3.63, 3.8) is 0 Å². The van der Waals surface area contributed by atoms with Gasteiger partial charge in [0.05, 0.1) is 5.58 Å². The predicted molar refractivity (Wildman–Crippen MR) is 245 cm³/mol. The number of fused-ring (bicyclic) bond motifs is 3. The summed E-state index contributed by atoms with van der Waals surface area (Å²) in [5.74, 6) is 8.81. The summed E-state index contributed by atoms with van der Waals surface area (Å²) in [7, 11) is 0. The fourth-order valence-corrected chi connectivity index (χ4v) is 11.9. The van der Waals surface area contributed by atoms with Crippen LogP contribution in [0, 0.1) is 18.1 Å². The van der Waals surface area contributed by atoms with E-state index in [0.717, 1.165) is 69.6 Å². The molecular weight excluding hydrogens is 945 g/mol. The molecule has 3 aromatic heterocycles. The summed E-state index contributed by atoms with van der Waals surface area (Å²) in [6, 6.07) is 41.2. The first kappa shape index (κ1) is 43.7. The Morgan fingerprint density at radius 3 is 2.22 bits per heavy atom. The van der Waals surface area contributed by atoms with Gasteiger partial charge in [-0.15, -0.1) is 18.2 Å². The first-order chi connectivity index (χ1) is 27.5. The Kier molecular flexibility index (Phi) is 14.4. The zero-order chi connectivity index (χ0) is 40.2. The van der Waals surface area contributed by atoms with E-state index < -0.39 is 13.3 Å². The van der Waals surface area contributed by atoms with Gasteiger partial charge in [0.15, 0.2) is 0 Å². The van der Waals surface area contributed by atoms with Crippen LogP contribution in [0.4, 0.5) is 0 Å². The van der Waals surface area contributed by atoms with E-state index in [1.54, 1.807) is 4.40 Å². The molecule has 0 aliphatic heterocycles. The summed E-state index contributed by atoms with van der Waals surface area (Å²) in [4.78, 5) is 9.57. The van der Waals surface area contributed by atoms with Gasteiger partial charge in [0.1, 0.15) is 5.58 Å². The van der Waals surface area contributed by atoms with Gasteiger partial charge >= 0.3 is 163 Å². The van der Waals surface area contributed by atoms with E-state index in [-0.39, 0.29) is 25.5 Å². The second-order valence-electron chi connectivity index (χ2n) is 17.9. The van der Waals surface area contributed by atoms with Crippen molar-refractivity contribution >= 4 is 39.6 Å². The molecule has 0 atom stereocenters. The van der Waals surface area contributed by atoms with Crippen LogP contribution in [0.5, 0.6) is 0 Å². The van der Waals surface area contributed by atoms with Crippen molar-refractivity contribution in [3.8, 4) is 33.6 Å². The Morgan fingerprint density at radius 2 is 1.52 bits per heavy atom. The Bertz CT molecular complexity index is 2430. The van der Waals surface area contributed by atoms with Crippen LogP contribution >= 0.6 is 0 Å². The number of aromatic nitrogens is 2. The molecule has 303 valence electrons. The van der Waals surface area contributed by atoms with Crippen molar-refractivity contribution < 1.29 is 24.5 Å². The fourth-order valence-electron chi connectivity index (χ4n) is 8.59. The van der Waals surface area contributed by atoms with Crippen LogP contribution in [0.1, 0.15) is 102 Å². The molecule has 7 aromatic rings. The zero-order valence-electron chi connectivity index (χ0n) is 35.8. The molecule has 4 aromatic carbocycles. The summed E-state index contributed by atoms with van der Waals surface area (Å²) in [6.45, 7) is 11.5. The molecule has 1 aliphatic carbocycles. The molecule has 5 heteroatoms. The number of hydrogen-bond acceptors (Lipinski definition) is 3. The quantitative estimate of drug-likeness (QED) is 0.101. The minimum absolute atomic E-state index is 0. The van der Waals surface area contributed by atoms with E-state index in [4.69, 9.17) is 9.40 Å². The van der Waals surface area contributed by atoms with Crippen molar-refractivity contribution in [2.45, 2.75) is 115 Å². The maximum Gasteiger partial charge on any atom is 0.121 e. The van der Waals surface area contributed by atoms with Crippen LogP contribution in [-0.2, 0) is 31.9 Å². The summed E-state index contributed by atoms with van der Waals surface area (Å²) in [5.41, 5.74) is 12.7. The van der Waals surface area contributed by atoms with Crippen molar-refractivity contribution in [1.29, 1.82) is 0 Å². The van der Waals surface area contributed by atoms with E-state index in [2.05, 4.69) is 160 Å². The summed E-state index contributed by atoms with van der Waals surface area (Å²) in [6.07, 6.45) is 14.3. The van der Waals surface area contributed by atoms with Crippen LogP contribution in [0.15, 0.2) is 114 Å². The monoisotopic (exact) mass is 1010 g/mol. The molecule has 3 heterocycles. The van der Waals surface area contributed by atoms with Gasteiger partial charge in [-0.1, -0.05) is 80.3 Å². The molecule has 0 N–H and O–H groups in total. The van der Waals surface area contributed by atoms with Gasteiger partial charge in [0.25, 0.3) is 0 Å². The number of furan rings is 1. The normalized spacial score (nSPS) is 13.7. The van der Waals surface area contributed by atoms with Crippen molar-refractivity contribution in [3.05, 3.63) is 138 Å². The smallest absolute Gasteiger partial charge is 0.121 e. The largest absolute Gasteiger partial charge is 0.501 e. The molecule has 0 bridgehead atoms. The Labute approximate surface area is 364 Å². The zero-order valence-corrected chi connectivity index (χ0v) is 40.3. The second kappa shape index (κ2) is 19.0. The van der Waals surface area contributed by atoms with E-state index in [9.17, 15) is 0 Å². The third-order valence-electron chi connectivity index (χ3n) is 12.4. The van der Waals surface area contributed by atoms with Crippen LogP contribution in [0.25, 0.3) is 55.6 Å². The molecular formula is C53H60GeIrN2O-2. The van der Waals surface area contributed by atoms with Gasteiger partial charge in [0, 0.05) is 31.7 Å². The maximum atomic E-state index is 6.41. The van der Waals surface area contributed by atoms with Gasteiger partial charge in [-0.25, -0.2) is 0 Å². The van der Waals surface area contributed by atoms with Gasteiger partial charge < -0.3 is 9.40 Å². The molecule has 8 rings (SSSR count). The molecule has 0 spiro atoms. The third kappa shape index (κ3) is 9.78. The molecule has 1 saturated carbocycles. The average Bonchev–Trinajstić information content (AvgIpc) is 3.62. The van der Waals surface area contributed by atoms with Crippen LogP contribution < -0.4 is 4.40 Å². The minimum atomic E-state index is -1.91. The molecule has 0 amide bonds. The van der Waals surface area contributed by atoms with Gasteiger partial charge in [0.2, 0.25) is 0 Å². The first-order valence-corrected chi connectivity index (χ1v) is 28.7. The fraction of sp³-hybridized carbons (Fsp3) is 0.358. The van der Waals surface area contributed by atoms with Crippen molar-refractivity contribution in [1.82, 2.24) is 9.97 Å². The Hall–Kier alpha value is -3.83. The number of benzene rings is 4. The Morgan fingerprint density at radius 1 is 0.776 bits per heavy atom. The van der Waals surface area contributed by atoms with E-state index in [0.29, 0.717) is 5.92 Å². The van der Waals surface area contributed by atoms with E-state index >= 15 is 0 Å². The predicted octanol–water partition coefficient (Wildman–Crippen LogP) is 14.5. The molecule has 3 nitrogen and oxygen atoms in total. The maximum absolute atomic E-state index is 6.41. The van der Waals surface area contributed by atoms with Gasteiger partial charge in [-0.2, -0.15) is 0 Å². The standard InChI is InChI=1S/C29H26NO.C24H34GeN.Ir/c1-4-29(3,5-2)22-16-17-30-26(19-22)25-13-9-12-24-23-15-14-21(18-27(23)31-28(24)25)20-10-7-6-8-11-20;1-18(2)14-22-16-24(26-17-23(22)25(3,4)5)21-13-9-12-20(15-21)19-10-7-6-8-11-19;/h6-12,14-19H,4-5H2,1-3H3;9,12,15-19H,6-8,10-11,14H2,1-5H3;/q2*-1;. The first-order valence-electron chi connectivity index (χ1n) is 21.4. The SMILES string of the molecule is CC(C)Cc1cc(-c2[c-]ccc(C3CCCCC3)c2)nc[c]1[Ge]([CH3])([CH3])[CH3].CCC(C)(CC)c1ccnc(-c2[c-]ccc3c2oc2cc(-c4ccccc4)ccc23)c1.[Ir]. The molecule has 1 fully saturated rings. The molecule has 0 unspecified atom stereocenters. The number of nitrogens with zero attached hydrogens (tertiary/aromatic N) is 2. The molecule has 58 heavy (non-hydrogen) atoms. The summed E-state index contributed by atoms with van der Waals surface area (Å²) >= 11 is -1.91. The molecule has 1 aliphatic rings. The topological polar surface area (TPSA) is 38.9 Å². The van der Waals surface area contributed by atoms with Crippen LogP contribution in [0.3, 0.4) is 0 Å². The van der Waals surface area contributed by atoms with Gasteiger partial charge in [-0.3, -0.25) is 0 Å². The van der Waals surface area contributed by atoms with Crippen molar-refractivity contribution in [2.75, 3.05) is 0 Å². The molecule has 0 saturated heterocycles. The third-order valence-corrected chi connectivity index (χ3v) is 16.8. The van der Waals surface area contributed by atoms with Crippen LogP contribution in [-0.4, -0.2) is 23.2 Å². The second-order valence-corrected chi connectivity index (χ2v) is 28.5. The Balaban J connectivity index is 0.000000195. The average molecular weight is 1010 g/mol. The summed E-state index contributed by atoms with van der Waals surface area (Å²) in [5, 5.41) is 2.22. The van der Waals surface area contributed by atoms with E-state index in [1.165, 1.54) is 59.9 Å². The number of rotatable bonds is 10.